The molecule has 0 radical (unpaired) electrons. The van der Waals surface area contributed by atoms with Gasteiger partial charge in [-0.15, -0.1) is 0 Å². The fourth-order valence-corrected chi connectivity index (χ4v) is 5.00. The number of amides is 1. The molecular weight excluding hydrogens is 390 g/mol. The second-order valence-corrected chi connectivity index (χ2v) is 9.16. The highest BCUT2D eigenvalue weighted by Crippen LogP contribution is 2.34. The normalized spacial score (nSPS) is 18.2. The first-order valence-corrected chi connectivity index (χ1v) is 11.0. The van der Waals surface area contributed by atoms with Crippen molar-refractivity contribution in [1.82, 2.24) is 4.90 Å². The van der Waals surface area contributed by atoms with Gasteiger partial charge < -0.3 is 9.64 Å². The predicted molar refractivity (Wildman–Crippen MR) is 111 cm³/mol. The number of sulfone groups is 1. The Labute approximate surface area is 170 Å². The van der Waals surface area contributed by atoms with E-state index in [1.54, 1.807) is 23.2 Å². The van der Waals surface area contributed by atoms with Crippen LogP contribution in [0, 0.1) is 13.8 Å². The Bertz CT molecular complexity index is 1090. The van der Waals surface area contributed by atoms with Crippen molar-refractivity contribution in [2.24, 2.45) is 5.10 Å². The number of aryl methyl sites for hydroxylation is 2. The van der Waals surface area contributed by atoms with Crippen molar-refractivity contribution >= 4 is 26.5 Å². The molecule has 0 saturated carbocycles. The Kier molecular flexibility index (Phi) is 5.14. The minimum absolute atomic E-state index is 0.113. The number of carbonyl (C=O) groups is 1. The molecule has 2 aliphatic heterocycles. The highest BCUT2D eigenvalue weighted by molar-refractivity contribution is 8.08. The molecule has 0 unspecified atom stereocenters. The quantitative estimate of drug-likeness (QED) is 0.771. The third-order valence-corrected chi connectivity index (χ3v) is 6.73. The van der Waals surface area contributed by atoms with Crippen molar-refractivity contribution < 1.29 is 17.9 Å². The molecule has 0 spiro atoms. The molecule has 0 bridgehead atoms. The van der Waals surface area contributed by atoms with Crippen LogP contribution in [-0.2, 0) is 25.9 Å². The molecule has 1 fully saturated rings. The van der Waals surface area contributed by atoms with Gasteiger partial charge in [0, 0.05) is 13.1 Å². The van der Waals surface area contributed by atoms with Crippen LogP contribution in [0.25, 0.3) is 0 Å². The Morgan fingerprint density at radius 1 is 1.07 bits per heavy atom. The van der Waals surface area contributed by atoms with Crippen molar-refractivity contribution in [3.63, 3.8) is 0 Å². The van der Waals surface area contributed by atoms with Crippen molar-refractivity contribution in [2.75, 3.05) is 31.3 Å². The molecule has 0 aromatic heterocycles. The minimum Gasteiger partial charge on any atom is -0.378 e. The van der Waals surface area contributed by atoms with E-state index in [0.29, 0.717) is 38.5 Å². The molecule has 7 nitrogen and oxygen atoms in total. The minimum atomic E-state index is -4.01. The summed E-state index contributed by atoms with van der Waals surface area (Å²) in [5.74, 6) is -0.575. The maximum Gasteiger partial charge on any atom is 0.286 e. The van der Waals surface area contributed by atoms with E-state index in [1.807, 2.05) is 38.1 Å². The maximum absolute atomic E-state index is 13.2. The number of fused-ring (bicyclic) bond motifs is 1. The first-order chi connectivity index (χ1) is 13.9. The van der Waals surface area contributed by atoms with Crippen LogP contribution in [0.5, 0.6) is 0 Å². The van der Waals surface area contributed by atoms with E-state index < -0.39 is 20.8 Å². The van der Waals surface area contributed by atoms with Gasteiger partial charge in [-0.2, -0.15) is 5.10 Å². The van der Waals surface area contributed by atoms with E-state index in [0.717, 1.165) is 16.7 Å². The summed E-state index contributed by atoms with van der Waals surface area (Å²) in [4.78, 5) is 14.6. The van der Waals surface area contributed by atoms with Gasteiger partial charge in [-0.05, 0) is 37.1 Å². The molecule has 29 heavy (non-hydrogen) atoms. The van der Waals surface area contributed by atoms with Gasteiger partial charge in [0.05, 0.1) is 30.3 Å². The molecular formula is C21H23N3O4S. The van der Waals surface area contributed by atoms with Gasteiger partial charge >= 0.3 is 0 Å². The number of nitrogens with zero attached hydrogens (tertiary/aromatic N) is 3. The SMILES string of the molecule is Cc1cccc(CN2N=C(C(=O)N3CCOCC3)S(=O)(=O)c3ccc(C)cc32)c1. The lowest BCUT2D eigenvalue weighted by Crippen LogP contribution is -2.47. The fraction of sp³-hybridized carbons (Fsp3) is 0.333. The number of morpholine rings is 1. The van der Waals surface area contributed by atoms with Crippen molar-refractivity contribution in [2.45, 2.75) is 25.3 Å². The zero-order chi connectivity index (χ0) is 20.6. The Morgan fingerprint density at radius 3 is 2.52 bits per heavy atom. The number of rotatable bonds is 3. The van der Waals surface area contributed by atoms with Gasteiger partial charge in [0.1, 0.15) is 0 Å². The number of carbonyl (C=O) groups excluding carboxylic acids is 1. The molecule has 8 heteroatoms. The number of anilines is 1. The van der Waals surface area contributed by atoms with E-state index in [1.165, 1.54) is 4.90 Å². The smallest absolute Gasteiger partial charge is 0.286 e. The Hall–Kier alpha value is -2.71. The molecule has 2 aromatic rings. The van der Waals surface area contributed by atoms with Crippen LogP contribution in [-0.4, -0.2) is 50.6 Å². The Morgan fingerprint density at radius 2 is 1.79 bits per heavy atom. The average molecular weight is 413 g/mol. The Balaban J connectivity index is 1.79. The topological polar surface area (TPSA) is 79.3 Å². The fourth-order valence-electron chi connectivity index (χ4n) is 3.54. The standard InChI is InChI=1S/C21H23N3O4S/c1-15-4-3-5-17(12-15)14-24-18-13-16(2)6-7-19(18)29(26,27)20(22-24)21(25)23-8-10-28-11-9-23/h3-7,12-13H,8-11,14H2,1-2H3. The second kappa shape index (κ2) is 7.61. The first-order valence-electron chi connectivity index (χ1n) is 9.51. The molecule has 152 valence electrons. The van der Waals surface area contributed by atoms with Gasteiger partial charge in [0.2, 0.25) is 14.9 Å². The number of ether oxygens (including phenoxy) is 1. The molecule has 0 N–H and O–H groups in total. The summed E-state index contributed by atoms with van der Waals surface area (Å²) < 4.78 is 31.7. The van der Waals surface area contributed by atoms with Gasteiger partial charge in [-0.1, -0.05) is 35.9 Å². The molecule has 1 amide bonds. The number of hydrogen-bond acceptors (Lipinski definition) is 6. The van der Waals surface area contributed by atoms with Crippen LogP contribution in [0.1, 0.15) is 16.7 Å². The van der Waals surface area contributed by atoms with E-state index in [-0.39, 0.29) is 4.90 Å². The monoisotopic (exact) mass is 413 g/mol. The molecule has 2 aromatic carbocycles. The van der Waals surface area contributed by atoms with Gasteiger partial charge in [-0.25, -0.2) is 8.42 Å². The van der Waals surface area contributed by atoms with Crippen LogP contribution in [0.3, 0.4) is 0 Å². The highest BCUT2D eigenvalue weighted by atomic mass is 32.2. The van der Waals surface area contributed by atoms with Crippen molar-refractivity contribution in [3.8, 4) is 0 Å². The lowest BCUT2D eigenvalue weighted by Gasteiger charge is -2.31. The summed E-state index contributed by atoms with van der Waals surface area (Å²) in [5, 5.41) is 5.54. The predicted octanol–water partition coefficient (Wildman–Crippen LogP) is 2.27. The summed E-state index contributed by atoms with van der Waals surface area (Å²) in [5.41, 5.74) is 3.50. The highest BCUT2D eigenvalue weighted by Gasteiger charge is 2.39. The van der Waals surface area contributed by atoms with Crippen LogP contribution in [0.15, 0.2) is 52.5 Å². The summed E-state index contributed by atoms with van der Waals surface area (Å²) in [6.07, 6.45) is 0. The van der Waals surface area contributed by atoms with Crippen LogP contribution in [0.2, 0.25) is 0 Å². The van der Waals surface area contributed by atoms with Crippen LogP contribution >= 0.6 is 0 Å². The molecule has 0 aliphatic carbocycles. The number of hydrogen-bond donors (Lipinski definition) is 0. The lowest BCUT2D eigenvalue weighted by atomic mass is 10.1. The molecule has 0 atom stereocenters. The average Bonchev–Trinajstić information content (AvgIpc) is 2.70. The second-order valence-electron chi connectivity index (χ2n) is 7.33. The number of benzene rings is 2. The van der Waals surface area contributed by atoms with Gasteiger partial charge in [-0.3, -0.25) is 9.80 Å². The zero-order valence-electron chi connectivity index (χ0n) is 16.5. The van der Waals surface area contributed by atoms with Crippen molar-refractivity contribution in [1.29, 1.82) is 0 Å². The van der Waals surface area contributed by atoms with E-state index in [9.17, 15) is 13.2 Å². The summed E-state index contributed by atoms with van der Waals surface area (Å²) in [6, 6.07) is 13.0. The summed E-state index contributed by atoms with van der Waals surface area (Å²) >= 11 is 0. The summed E-state index contributed by atoms with van der Waals surface area (Å²) in [7, 11) is -4.01. The first kappa shape index (κ1) is 19.6. The third-order valence-electron chi connectivity index (χ3n) is 5.04. The molecule has 2 heterocycles. The molecule has 1 saturated heterocycles. The largest absolute Gasteiger partial charge is 0.378 e. The molecule has 2 aliphatic rings. The van der Waals surface area contributed by atoms with E-state index in [4.69, 9.17) is 4.74 Å². The lowest BCUT2D eigenvalue weighted by molar-refractivity contribution is -0.127. The summed E-state index contributed by atoms with van der Waals surface area (Å²) in [6.45, 7) is 5.75. The number of hydrazone groups is 1. The maximum atomic E-state index is 13.2. The van der Waals surface area contributed by atoms with E-state index >= 15 is 0 Å². The zero-order valence-corrected chi connectivity index (χ0v) is 17.3. The van der Waals surface area contributed by atoms with Crippen molar-refractivity contribution in [3.05, 3.63) is 59.2 Å². The van der Waals surface area contributed by atoms with Gasteiger partial charge in [0.25, 0.3) is 5.91 Å². The molecule has 4 rings (SSSR count). The van der Waals surface area contributed by atoms with Crippen LogP contribution < -0.4 is 5.01 Å². The van der Waals surface area contributed by atoms with Crippen LogP contribution in [0.4, 0.5) is 5.69 Å². The van der Waals surface area contributed by atoms with Gasteiger partial charge in [0.15, 0.2) is 0 Å². The van der Waals surface area contributed by atoms with E-state index in [2.05, 4.69) is 5.10 Å². The third kappa shape index (κ3) is 3.77.